The quantitative estimate of drug-likeness (QED) is 0.906. The van der Waals surface area contributed by atoms with Crippen LogP contribution in [0.1, 0.15) is 21.5 Å². The van der Waals surface area contributed by atoms with Gasteiger partial charge in [-0.1, -0.05) is 12.1 Å². The maximum absolute atomic E-state index is 12.7. The van der Waals surface area contributed by atoms with Gasteiger partial charge in [0.25, 0.3) is 5.91 Å². The lowest BCUT2D eigenvalue weighted by atomic mass is 9.98. The second-order valence-corrected chi connectivity index (χ2v) is 5.95. The maximum atomic E-state index is 12.7. The first-order valence-electron chi connectivity index (χ1n) is 7.95. The molecular weight excluding hydrogens is 340 g/mol. The van der Waals surface area contributed by atoms with Crippen LogP contribution < -0.4 is 14.8 Å². The number of benzene rings is 2. The lowest BCUT2D eigenvalue weighted by Gasteiger charge is -2.26. The maximum Gasteiger partial charge on any atom is 0.259 e. The van der Waals surface area contributed by atoms with Crippen molar-refractivity contribution in [2.24, 2.45) is 0 Å². The summed E-state index contributed by atoms with van der Waals surface area (Å²) in [7, 11) is 5.24. The summed E-state index contributed by atoms with van der Waals surface area (Å²) in [5, 5.41) is 3.04. The molecule has 0 spiro atoms. The Hall–Kier alpha value is -2.24. The number of hydrogen-bond acceptors (Lipinski definition) is 4. The smallest absolute Gasteiger partial charge is 0.259 e. The van der Waals surface area contributed by atoms with E-state index in [4.69, 9.17) is 9.47 Å². The molecule has 3 rings (SSSR count). The van der Waals surface area contributed by atoms with Crippen LogP contribution in [0.4, 0.5) is 5.69 Å². The Bertz CT molecular complexity index is 764. The summed E-state index contributed by atoms with van der Waals surface area (Å²) in [6.07, 6.45) is 0.933. The van der Waals surface area contributed by atoms with Crippen molar-refractivity contribution in [3.63, 3.8) is 0 Å². The third-order valence-corrected chi connectivity index (χ3v) is 4.36. The van der Waals surface area contributed by atoms with Crippen LogP contribution in [0.15, 0.2) is 36.4 Å². The van der Waals surface area contributed by atoms with Gasteiger partial charge in [-0.3, -0.25) is 4.79 Å². The number of carbonyl (C=O) groups is 1. The van der Waals surface area contributed by atoms with Gasteiger partial charge in [-0.15, -0.1) is 12.4 Å². The zero-order valence-electron chi connectivity index (χ0n) is 14.7. The Kier molecular flexibility index (Phi) is 6.28. The van der Waals surface area contributed by atoms with Crippen molar-refractivity contribution >= 4 is 24.0 Å². The zero-order valence-corrected chi connectivity index (χ0v) is 15.5. The number of carbonyl (C=O) groups excluding carboxylic acids is 1. The van der Waals surface area contributed by atoms with E-state index >= 15 is 0 Å². The number of ether oxygens (including phenoxy) is 2. The van der Waals surface area contributed by atoms with E-state index in [-0.39, 0.29) is 18.3 Å². The monoisotopic (exact) mass is 362 g/mol. The highest BCUT2D eigenvalue weighted by Gasteiger charge is 2.19. The van der Waals surface area contributed by atoms with Gasteiger partial charge < -0.3 is 19.7 Å². The molecule has 2 aromatic carbocycles. The molecule has 6 heteroatoms. The van der Waals surface area contributed by atoms with E-state index in [1.807, 2.05) is 12.1 Å². The molecule has 0 saturated carbocycles. The molecule has 0 radical (unpaired) electrons. The van der Waals surface area contributed by atoms with Crippen LogP contribution in [0, 0.1) is 0 Å². The summed E-state index contributed by atoms with van der Waals surface area (Å²) in [5.41, 5.74) is 3.85. The van der Waals surface area contributed by atoms with Gasteiger partial charge in [0.15, 0.2) is 0 Å². The first kappa shape index (κ1) is 19.1. The van der Waals surface area contributed by atoms with Crippen LogP contribution in [-0.4, -0.2) is 38.6 Å². The Morgan fingerprint density at radius 3 is 2.68 bits per heavy atom. The van der Waals surface area contributed by atoms with Crippen LogP contribution >= 0.6 is 12.4 Å². The molecule has 25 heavy (non-hydrogen) atoms. The fourth-order valence-corrected chi connectivity index (χ4v) is 3.04. The molecule has 1 amide bonds. The van der Waals surface area contributed by atoms with Crippen molar-refractivity contribution in [2.45, 2.75) is 13.0 Å². The minimum Gasteiger partial charge on any atom is -0.497 e. The highest BCUT2D eigenvalue weighted by atomic mass is 35.5. The molecule has 0 aliphatic carbocycles. The number of methoxy groups -OCH3 is 2. The van der Waals surface area contributed by atoms with Crippen molar-refractivity contribution in [3.05, 3.63) is 53.1 Å². The number of amides is 1. The van der Waals surface area contributed by atoms with Gasteiger partial charge in [0.2, 0.25) is 0 Å². The summed E-state index contributed by atoms with van der Waals surface area (Å²) in [4.78, 5) is 15.0. The minimum absolute atomic E-state index is 0. The molecule has 0 bridgehead atoms. The predicted molar refractivity (Wildman–Crippen MR) is 101 cm³/mol. The molecule has 0 atom stereocenters. The van der Waals surface area contributed by atoms with Gasteiger partial charge in [-0.2, -0.15) is 0 Å². The van der Waals surface area contributed by atoms with Crippen LogP contribution in [0.2, 0.25) is 0 Å². The number of hydrogen-bond donors (Lipinski definition) is 1. The molecule has 2 aromatic rings. The summed E-state index contributed by atoms with van der Waals surface area (Å²) in [6.45, 7) is 1.90. The Morgan fingerprint density at radius 2 is 1.96 bits per heavy atom. The fraction of sp³-hybridized carbons (Fsp3) is 0.316. The van der Waals surface area contributed by atoms with Gasteiger partial charge in [0, 0.05) is 24.8 Å². The lowest BCUT2D eigenvalue weighted by molar-refractivity contribution is 0.102. The van der Waals surface area contributed by atoms with E-state index in [9.17, 15) is 4.79 Å². The normalized spacial score (nSPS) is 13.4. The van der Waals surface area contributed by atoms with Crippen molar-refractivity contribution in [1.82, 2.24) is 4.90 Å². The van der Waals surface area contributed by atoms with Crippen LogP contribution in [0.5, 0.6) is 11.5 Å². The largest absolute Gasteiger partial charge is 0.497 e. The second kappa shape index (κ2) is 8.23. The molecule has 134 valence electrons. The molecule has 1 aliphatic heterocycles. The van der Waals surface area contributed by atoms with Crippen molar-refractivity contribution < 1.29 is 14.3 Å². The third-order valence-electron chi connectivity index (χ3n) is 4.36. The summed E-state index contributed by atoms with van der Waals surface area (Å²) in [5.74, 6) is 0.974. The molecule has 0 aromatic heterocycles. The average molecular weight is 363 g/mol. The minimum atomic E-state index is -0.179. The number of likely N-dealkylation sites (N-methyl/N-ethyl adjacent to an activating group) is 1. The standard InChI is InChI=1S/C19H22N2O3.ClH/c1-21-10-9-15-13(12-21)5-4-6-17(15)20-19(22)16-8-7-14(23-2)11-18(16)24-3;/h4-8,11H,9-10,12H2,1-3H3,(H,20,22);1H. The molecule has 5 nitrogen and oxygen atoms in total. The molecule has 1 aliphatic rings. The van der Waals surface area contributed by atoms with E-state index in [0.717, 1.165) is 25.2 Å². The molecular formula is C19H23ClN2O3. The SMILES string of the molecule is COc1ccc(C(=O)Nc2cccc3c2CCN(C)C3)c(OC)c1.Cl. The first-order valence-corrected chi connectivity index (χ1v) is 7.95. The summed E-state index contributed by atoms with van der Waals surface area (Å²) >= 11 is 0. The van der Waals surface area contributed by atoms with E-state index in [1.165, 1.54) is 11.1 Å². The molecule has 0 saturated heterocycles. The number of fused-ring (bicyclic) bond motifs is 1. The third kappa shape index (κ3) is 4.06. The number of nitrogens with zero attached hydrogens (tertiary/aromatic N) is 1. The second-order valence-electron chi connectivity index (χ2n) is 5.95. The van der Waals surface area contributed by atoms with Gasteiger partial charge in [-0.25, -0.2) is 0 Å². The molecule has 0 unspecified atom stereocenters. The molecule has 0 fully saturated rings. The summed E-state index contributed by atoms with van der Waals surface area (Å²) < 4.78 is 10.5. The van der Waals surface area contributed by atoms with E-state index in [2.05, 4.69) is 23.3 Å². The number of nitrogens with one attached hydrogen (secondary N) is 1. The fourth-order valence-electron chi connectivity index (χ4n) is 3.04. The summed E-state index contributed by atoms with van der Waals surface area (Å²) in [6, 6.07) is 11.2. The van der Waals surface area contributed by atoms with Gasteiger partial charge in [-0.05, 0) is 42.8 Å². The lowest BCUT2D eigenvalue weighted by Crippen LogP contribution is -2.27. The van der Waals surface area contributed by atoms with Crippen molar-refractivity contribution in [3.8, 4) is 11.5 Å². The average Bonchev–Trinajstić information content (AvgIpc) is 2.60. The number of halogens is 1. The van der Waals surface area contributed by atoms with Crippen LogP contribution in [0.3, 0.4) is 0 Å². The molecule has 1 heterocycles. The zero-order chi connectivity index (χ0) is 17.1. The van der Waals surface area contributed by atoms with Gasteiger partial charge in [0.05, 0.1) is 19.8 Å². The van der Waals surface area contributed by atoms with Crippen molar-refractivity contribution in [2.75, 3.05) is 33.1 Å². The van der Waals surface area contributed by atoms with Gasteiger partial charge in [0.1, 0.15) is 11.5 Å². The predicted octanol–water partition coefficient (Wildman–Crippen LogP) is 3.37. The van der Waals surface area contributed by atoms with Crippen molar-refractivity contribution in [1.29, 1.82) is 0 Å². The highest BCUT2D eigenvalue weighted by Crippen LogP contribution is 2.28. The Morgan fingerprint density at radius 1 is 1.16 bits per heavy atom. The van der Waals surface area contributed by atoms with Crippen LogP contribution in [0.25, 0.3) is 0 Å². The van der Waals surface area contributed by atoms with Crippen LogP contribution in [-0.2, 0) is 13.0 Å². The highest BCUT2D eigenvalue weighted by molar-refractivity contribution is 6.06. The van der Waals surface area contributed by atoms with E-state index < -0.39 is 0 Å². The molecule has 1 N–H and O–H groups in total. The number of anilines is 1. The Labute approximate surface area is 154 Å². The Balaban J connectivity index is 0.00000225. The topological polar surface area (TPSA) is 50.8 Å². The van der Waals surface area contributed by atoms with E-state index in [1.54, 1.807) is 32.4 Å². The first-order chi connectivity index (χ1) is 11.6. The van der Waals surface area contributed by atoms with E-state index in [0.29, 0.717) is 17.1 Å². The number of rotatable bonds is 4. The van der Waals surface area contributed by atoms with Gasteiger partial charge >= 0.3 is 0 Å².